The zero-order chi connectivity index (χ0) is 13.2. The molecule has 0 fully saturated rings. The summed E-state index contributed by atoms with van der Waals surface area (Å²) < 4.78 is 0. The molecule has 0 saturated heterocycles. The lowest BCUT2D eigenvalue weighted by Crippen LogP contribution is -2.02. The number of hydrogen-bond acceptors (Lipinski definition) is 2. The Hall–Kier alpha value is -2.35. The van der Waals surface area contributed by atoms with Gasteiger partial charge >= 0.3 is 0 Å². The summed E-state index contributed by atoms with van der Waals surface area (Å²) in [5, 5.41) is 0. The Labute approximate surface area is 113 Å². The minimum atomic E-state index is 1.06. The molecule has 0 aromatic heterocycles. The van der Waals surface area contributed by atoms with E-state index in [1.54, 1.807) is 0 Å². The van der Waals surface area contributed by atoms with Crippen molar-refractivity contribution in [3.8, 4) is 0 Å². The lowest BCUT2D eigenvalue weighted by molar-refractivity contribution is 0.620. The van der Waals surface area contributed by atoms with E-state index in [-0.39, 0.29) is 0 Å². The van der Waals surface area contributed by atoms with Gasteiger partial charge in [0, 0.05) is 36.8 Å². The minimum absolute atomic E-state index is 1.06. The lowest BCUT2D eigenvalue weighted by atomic mass is 10.0. The first-order valence-electron chi connectivity index (χ1n) is 6.38. The molecule has 2 heterocycles. The molecule has 1 aromatic carbocycles. The van der Waals surface area contributed by atoms with Gasteiger partial charge in [0.1, 0.15) is 0 Å². The van der Waals surface area contributed by atoms with E-state index in [2.05, 4.69) is 54.4 Å². The predicted octanol–water partition coefficient (Wildman–Crippen LogP) is 3.99. The first kappa shape index (κ1) is 11.7. The van der Waals surface area contributed by atoms with Gasteiger partial charge in [-0.25, -0.2) is 0 Å². The summed E-state index contributed by atoms with van der Waals surface area (Å²) >= 11 is 0. The van der Waals surface area contributed by atoms with Crippen LogP contribution in [0, 0.1) is 6.92 Å². The van der Waals surface area contributed by atoms with Gasteiger partial charge in [0.25, 0.3) is 0 Å². The van der Waals surface area contributed by atoms with Crippen LogP contribution in [0.4, 0.5) is 5.69 Å². The number of hydrogen-bond donors (Lipinski definition) is 0. The maximum atomic E-state index is 4.43. The average molecular weight is 248 g/mol. The van der Waals surface area contributed by atoms with Crippen molar-refractivity contribution in [1.29, 1.82) is 0 Å². The monoisotopic (exact) mass is 248 g/mol. The molecule has 0 atom stereocenters. The quantitative estimate of drug-likeness (QED) is 0.733. The Morgan fingerprint density at radius 3 is 2.68 bits per heavy atom. The van der Waals surface area contributed by atoms with Crippen molar-refractivity contribution in [1.82, 2.24) is 4.90 Å². The fraction of sp³-hybridized carbons (Fsp3) is 0.118. The van der Waals surface area contributed by atoms with Crippen LogP contribution in [-0.2, 0) is 0 Å². The van der Waals surface area contributed by atoms with Crippen molar-refractivity contribution in [2.45, 2.75) is 6.92 Å². The standard InChI is InChI=1S/C17H16N2/c1-13-3-6-17-16(11-13)15(12-18-17)5-4-14-7-9-19(2)10-8-14/h3-12H,1-2H3/b15-5-. The van der Waals surface area contributed by atoms with Crippen LogP contribution in [0.3, 0.4) is 0 Å². The van der Waals surface area contributed by atoms with Crippen LogP contribution in [0.5, 0.6) is 0 Å². The van der Waals surface area contributed by atoms with E-state index >= 15 is 0 Å². The van der Waals surface area contributed by atoms with Gasteiger partial charge in [-0.3, -0.25) is 4.99 Å². The summed E-state index contributed by atoms with van der Waals surface area (Å²) in [5.41, 5.74) is 5.91. The summed E-state index contributed by atoms with van der Waals surface area (Å²) in [4.78, 5) is 6.46. The molecule has 2 heteroatoms. The van der Waals surface area contributed by atoms with Crippen molar-refractivity contribution in [2.75, 3.05) is 7.05 Å². The maximum absolute atomic E-state index is 4.43. The second-order valence-electron chi connectivity index (χ2n) is 4.86. The third-order valence-electron chi connectivity index (χ3n) is 3.27. The summed E-state index contributed by atoms with van der Waals surface area (Å²) in [5.74, 6) is 0. The molecule has 0 N–H and O–H groups in total. The molecule has 0 amide bonds. The number of allylic oxidation sites excluding steroid dienone is 6. The van der Waals surface area contributed by atoms with E-state index in [1.807, 2.05) is 30.6 Å². The van der Waals surface area contributed by atoms with E-state index in [0.717, 1.165) is 5.69 Å². The van der Waals surface area contributed by atoms with Crippen molar-refractivity contribution >= 4 is 17.5 Å². The molecule has 2 nitrogen and oxygen atoms in total. The van der Waals surface area contributed by atoms with Gasteiger partial charge in [0.05, 0.1) is 5.69 Å². The van der Waals surface area contributed by atoms with Crippen LogP contribution < -0.4 is 0 Å². The van der Waals surface area contributed by atoms with Crippen molar-refractivity contribution in [2.24, 2.45) is 4.99 Å². The smallest absolute Gasteiger partial charge is 0.0708 e. The molecule has 2 aliphatic heterocycles. The molecule has 2 aliphatic rings. The fourth-order valence-corrected chi connectivity index (χ4v) is 2.14. The highest BCUT2D eigenvalue weighted by molar-refractivity contribution is 6.16. The van der Waals surface area contributed by atoms with E-state index < -0.39 is 0 Å². The zero-order valence-electron chi connectivity index (χ0n) is 11.2. The number of aliphatic imine (C=N–C) groups is 1. The van der Waals surface area contributed by atoms with Crippen LogP contribution >= 0.6 is 0 Å². The molecular weight excluding hydrogens is 232 g/mol. The van der Waals surface area contributed by atoms with Crippen LogP contribution in [-0.4, -0.2) is 18.2 Å². The van der Waals surface area contributed by atoms with E-state index in [0.29, 0.717) is 0 Å². The molecule has 0 spiro atoms. The molecular formula is C17H16N2. The molecule has 1 aromatic rings. The Morgan fingerprint density at radius 1 is 1.11 bits per heavy atom. The van der Waals surface area contributed by atoms with Gasteiger partial charge in [-0.2, -0.15) is 0 Å². The van der Waals surface area contributed by atoms with Crippen molar-refractivity contribution < 1.29 is 0 Å². The molecule has 94 valence electrons. The number of aryl methyl sites for hydroxylation is 1. The normalized spacial score (nSPS) is 18.3. The van der Waals surface area contributed by atoms with Gasteiger partial charge in [-0.05, 0) is 36.8 Å². The lowest BCUT2D eigenvalue weighted by Gasteiger charge is -2.11. The number of nitrogens with zero attached hydrogens (tertiary/aromatic N) is 2. The Morgan fingerprint density at radius 2 is 1.89 bits per heavy atom. The molecule has 19 heavy (non-hydrogen) atoms. The van der Waals surface area contributed by atoms with E-state index in [4.69, 9.17) is 0 Å². The highest BCUT2D eigenvalue weighted by atomic mass is 15.0. The first-order chi connectivity index (χ1) is 9.22. The largest absolute Gasteiger partial charge is 0.357 e. The summed E-state index contributed by atoms with van der Waals surface area (Å²) in [6.07, 6.45) is 14.5. The number of benzene rings is 1. The zero-order valence-corrected chi connectivity index (χ0v) is 11.2. The predicted molar refractivity (Wildman–Crippen MR) is 81.4 cm³/mol. The molecule has 3 rings (SSSR count). The van der Waals surface area contributed by atoms with E-state index in [1.165, 1.54) is 22.3 Å². The third kappa shape index (κ3) is 2.43. The van der Waals surface area contributed by atoms with Crippen LogP contribution in [0.25, 0.3) is 5.57 Å². The fourth-order valence-electron chi connectivity index (χ4n) is 2.14. The molecule has 0 saturated carbocycles. The van der Waals surface area contributed by atoms with Gasteiger partial charge in [0.15, 0.2) is 0 Å². The first-order valence-corrected chi connectivity index (χ1v) is 6.38. The molecule has 0 unspecified atom stereocenters. The van der Waals surface area contributed by atoms with Gasteiger partial charge in [-0.1, -0.05) is 23.8 Å². The summed E-state index contributed by atoms with van der Waals surface area (Å²) in [7, 11) is 2.02. The number of rotatable bonds is 1. The molecule has 0 aliphatic carbocycles. The van der Waals surface area contributed by atoms with Crippen LogP contribution in [0.1, 0.15) is 11.1 Å². The average Bonchev–Trinajstić information content (AvgIpc) is 2.80. The highest BCUT2D eigenvalue weighted by Crippen LogP contribution is 2.32. The van der Waals surface area contributed by atoms with Gasteiger partial charge in [0.2, 0.25) is 0 Å². The third-order valence-corrected chi connectivity index (χ3v) is 3.27. The Balaban J connectivity index is 1.90. The summed E-state index contributed by atoms with van der Waals surface area (Å²) in [6.45, 7) is 2.11. The van der Waals surface area contributed by atoms with Crippen LogP contribution in [0.2, 0.25) is 0 Å². The maximum Gasteiger partial charge on any atom is 0.0708 e. The Bertz CT molecular complexity index is 642. The van der Waals surface area contributed by atoms with Crippen molar-refractivity contribution in [3.05, 3.63) is 71.6 Å². The van der Waals surface area contributed by atoms with E-state index in [9.17, 15) is 0 Å². The van der Waals surface area contributed by atoms with Gasteiger partial charge in [-0.15, -0.1) is 0 Å². The van der Waals surface area contributed by atoms with Crippen LogP contribution in [0.15, 0.2) is 65.5 Å². The topological polar surface area (TPSA) is 15.6 Å². The highest BCUT2D eigenvalue weighted by Gasteiger charge is 2.10. The second-order valence-corrected chi connectivity index (χ2v) is 4.86. The molecule has 0 bridgehead atoms. The summed E-state index contributed by atoms with van der Waals surface area (Å²) in [6, 6.07) is 6.36. The SMILES string of the molecule is Cc1ccc2c(c1)/C(=C\C=C1C=CN(C)C=C1)C=N2. The molecule has 0 radical (unpaired) electrons. The van der Waals surface area contributed by atoms with Gasteiger partial charge < -0.3 is 4.90 Å². The minimum Gasteiger partial charge on any atom is -0.357 e. The second kappa shape index (κ2) is 4.73. The van der Waals surface area contributed by atoms with Crippen molar-refractivity contribution in [3.63, 3.8) is 0 Å². The Kier molecular flexibility index (Phi) is 2.92. The number of fused-ring (bicyclic) bond motifs is 1.